The Balaban J connectivity index is 2.21. The summed E-state index contributed by atoms with van der Waals surface area (Å²) in [5.41, 5.74) is 3.53. The summed E-state index contributed by atoms with van der Waals surface area (Å²) in [6, 6.07) is 13.1. The van der Waals surface area contributed by atoms with Gasteiger partial charge in [-0.2, -0.15) is 0 Å². The molecular formula is C16H17NO2. The molecule has 0 aromatic heterocycles. The van der Waals surface area contributed by atoms with Gasteiger partial charge in [-0.1, -0.05) is 23.8 Å². The Labute approximate surface area is 113 Å². The van der Waals surface area contributed by atoms with Gasteiger partial charge in [-0.25, -0.2) is 0 Å². The molecule has 0 fully saturated rings. The molecule has 19 heavy (non-hydrogen) atoms. The number of amides is 1. The van der Waals surface area contributed by atoms with Crippen LogP contribution in [-0.4, -0.2) is 13.0 Å². The number of anilines is 1. The number of rotatable bonds is 3. The second-order valence-electron chi connectivity index (χ2n) is 4.52. The van der Waals surface area contributed by atoms with Crippen molar-refractivity contribution >= 4 is 11.6 Å². The van der Waals surface area contributed by atoms with Crippen molar-refractivity contribution in [3.05, 3.63) is 59.2 Å². The summed E-state index contributed by atoms with van der Waals surface area (Å²) < 4.78 is 5.27. The molecule has 98 valence electrons. The van der Waals surface area contributed by atoms with E-state index in [-0.39, 0.29) is 5.91 Å². The second-order valence-corrected chi connectivity index (χ2v) is 4.52. The first kappa shape index (κ1) is 13.1. The Morgan fingerprint density at radius 2 is 1.63 bits per heavy atom. The minimum Gasteiger partial charge on any atom is -0.495 e. The van der Waals surface area contributed by atoms with E-state index in [1.54, 1.807) is 7.11 Å². The van der Waals surface area contributed by atoms with Crippen LogP contribution in [0.2, 0.25) is 0 Å². The first-order chi connectivity index (χ1) is 9.10. The van der Waals surface area contributed by atoms with Gasteiger partial charge in [0.15, 0.2) is 0 Å². The quantitative estimate of drug-likeness (QED) is 0.910. The van der Waals surface area contributed by atoms with Crippen LogP contribution in [0.25, 0.3) is 0 Å². The molecule has 0 radical (unpaired) electrons. The van der Waals surface area contributed by atoms with E-state index in [9.17, 15) is 4.79 Å². The van der Waals surface area contributed by atoms with Gasteiger partial charge in [0.1, 0.15) is 5.75 Å². The molecule has 0 unspecified atom stereocenters. The molecule has 0 heterocycles. The second kappa shape index (κ2) is 5.57. The van der Waals surface area contributed by atoms with E-state index in [0.29, 0.717) is 17.0 Å². The highest BCUT2D eigenvalue weighted by molar-refractivity contribution is 6.05. The zero-order valence-electron chi connectivity index (χ0n) is 11.4. The summed E-state index contributed by atoms with van der Waals surface area (Å²) >= 11 is 0. The van der Waals surface area contributed by atoms with Crippen molar-refractivity contribution in [2.45, 2.75) is 13.8 Å². The number of hydrogen-bond donors (Lipinski definition) is 1. The molecule has 1 amide bonds. The Bertz CT molecular complexity index is 588. The highest BCUT2D eigenvalue weighted by Gasteiger charge is 2.09. The van der Waals surface area contributed by atoms with Crippen molar-refractivity contribution < 1.29 is 9.53 Å². The van der Waals surface area contributed by atoms with Crippen LogP contribution in [-0.2, 0) is 0 Å². The van der Waals surface area contributed by atoms with Gasteiger partial charge in [-0.05, 0) is 43.7 Å². The monoisotopic (exact) mass is 255 g/mol. The third-order valence-corrected chi connectivity index (χ3v) is 2.92. The van der Waals surface area contributed by atoms with E-state index < -0.39 is 0 Å². The molecule has 1 N–H and O–H groups in total. The molecule has 2 aromatic carbocycles. The van der Waals surface area contributed by atoms with Gasteiger partial charge in [0.25, 0.3) is 5.91 Å². The largest absolute Gasteiger partial charge is 0.495 e. The first-order valence-corrected chi connectivity index (χ1v) is 6.13. The lowest BCUT2D eigenvalue weighted by atomic mass is 10.1. The van der Waals surface area contributed by atoms with Gasteiger partial charge in [0.2, 0.25) is 0 Å². The van der Waals surface area contributed by atoms with Crippen molar-refractivity contribution in [3.8, 4) is 5.75 Å². The van der Waals surface area contributed by atoms with E-state index in [1.807, 2.05) is 56.3 Å². The Morgan fingerprint density at radius 1 is 1.00 bits per heavy atom. The van der Waals surface area contributed by atoms with Crippen LogP contribution in [0.15, 0.2) is 42.5 Å². The minimum atomic E-state index is -0.137. The topological polar surface area (TPSA) is 38.3 Å². The molecule has 0 atom stereocenters. The normalized spacial score (nSPS) is 10.1. The fourth-order valence-corrected chi connectivity index (χ4v) is 1.80. The van der Waals surface area contributed by atoms with Gasteiger partial charge in [0.05, 0.1) is 12.8 Å². The van der Waals surface area contributed by atoms with Gasteiger partial charge in [-0.15, -0.1) is 0 Å². The zero-order valence-corrected chi connectivity index (χ0v) is 11.4. The lowest BCUT2D eigenvalue weighted by Gasteiger charge is -2.11. The molecule has 0 aliphatic heterocycles. The predicted molar refractivity (Wildman–Crippen MR) is 76.9 cm³/mol. The van der Waals surface area contributed by atoms with Crippen molar-refractivity contribution in [2.24, 2.45) is 0 Å². The van der Waals surface area contributed by atoms with Crippen LogP contribution in [0.1, 0.15) is 21.5 Å². The number of carbonyl (C=O) groups excluding carboxylic acids is 1. The van der Waals surface area contributed by atoms with Crippen LogP contribution in [0.5, 0.6) is 5.75 Å². The molecular weight excluding hydrogens is 238 g/mol. The Morgan fingerprint density at radius 3 is 2.26 bits per heavy atom. The molecule has 0 aliphatic rings. The van der Waals surface area contributed by atoms with Crippen molar-refractivity contribution in [2.75, 3.05) is 12.4 Å². The van der Waals surface area contributed by atoms with Crippen LogP contribution in [0.3, 0.4) is 0 Å². The van der Waals surface area contributed by atoms with Crippen LogP contribution >= 0.6 is 0 Å². The summed E-state index contributed by atoms with van der Waals surface area (Å²) in [6.45, 7) is 3.97. The standard InChI is InChI=1S/C16H17NO2/c1-11-4-7-13(8-5-11)16(18)17-14-9-6-12(2)10-15(14)19-3/h4-10H,1-3H3,(H,17,18). The molecule has 0 aliphatic carbocycles. The maximum Gasteiger partial charge on any atom is 0.255 e. The van der Waals surface area contributed by atoms with Crippen LogP contribution in [0.4, 0.5) is 5.69 Å². The summed E-state index contributed by atoms with van der Waals surface area (Å²) in [5.74, 6) is 0.530. The van der Waals surface area contributed by atoms with Gasteiger partial charge < -0.3 is 10.1 Å². The van der Waals surface area contributed by atoms with E-state index in [1.165, 1.54) is 0 Å². The molecule has 0 saturated carbocycles. The highest BCUT2D eigenvalue weighted by Crippen LogP contribution is 2.25. The molecule has 0 bridgehead atoms. The molecule has 0 saturated heterocycles. The summed E-state index contributed by atoms with van der Waals surface area (Å²) in [5, 5.41) is 2.86. The number of carbonyl (C=O) groups is 1. The Kier molecular flexibility index (Phi) is 3.85. The maximum absolute atomic E-state index is 12.1. The number of nitrogens with one attached hydrogen (secondary N) is 1. The molecule has 3 nitrogen and oxygen atoms in total. The van der Waals surface area contributed by atoms with Gasteiger partial charge >= 0.3 is 0 Å². The summed E-state index contributed by atoms with van der Waals surface area (Å²) in [4.78, 5) is 12.1. The molecule has 3 heteroatoms. The molecule has 2 rings (SSSR count). The fraction of sp³-hybridized carbons (Fsp3) is 0.188. The van der Waals surface area contributed by atoms with E-state index in [4.69, 9.17) is 4.74 Å². The fourth-order valence-electron chi connectivity index (χ4n) is 1.80. The SMILES string of the molecule is COc1cc(C)ccc1NC(=O)c1ccc(C)cc1. The number of benzene rings is 2. The van der Waals surface area contributed by atoms with Crippen molar-refractivity contribution in [3.63, 3.8) is 0 Å². The third kappa shape index (κ3) is 3.13. The number of hydrogen-bond acceptors (Lipinski definition) is 2. The van der Waals surface area contributed by atoms with E-state index in [0.717, 1.165) is 11.1 Å². The summed E-state index contributed by atoms with van der Waals surface area (Å²) in [7, 11) is 1.59. The predicted octanol–water partition coefficient (Wildman–Crippen LogP) is 3.56. The van der Waals surface area contributed by atoms with E-state index >= 15 is 0 Å². The zero-order chi connectivity index (χ0) is 13.8. The highest BCUT2D eigenvalue weighted by atomic mass is 16.5. The maximum atomic E-state index is 12.1. The minimum absolute atomic E-state index is 0.137. The van der Waals surface area contributed by atoms with Crippen molar-refractivity contribution in [1.82, 2.24) is 0 Å². The van der Waals surface area contributed by atoms with Gasteiger partial charge in [0, 0.05) is 5.56 Å². The van der Waals surface area contributed by atoms with Crippen molar-refractivity contribution in [1.29, 1.82) is 0 Å². The van der Waals surface area contributed by atoms with Crippen LogP contribution < -0.4 is 10.1 Å². The van der Waals surface area contributed by atoms with Gasteiger partial charge in [-0.3, -0.25) is 4.79 Å². The smallest absolute Gasteiger partial charge is 0.255 e. The summed E-state index contributed by atoms with van der Waals surface area (Å²) in [6.07, 6.45) is 0. The molecule has 0 spiro atoms. The lowest BCUT2D eigenvalue weighted by Crippen LogP contribution is -2.12. The Hall–Kier alpha value is -2.29. The number of methoxy groups -OCH3 is 1. The molecule has 2 aromatic rings. The number of ether oxygens (including phenoxy) is 1. The third-order valence-electron chi connectivity index (χ3n) is 2.92. The van der Waals surface area contributed by atoms with E-state index in [2.05, 4.69) is 5.32 Å². The van der Waals surface area contributed by atoms with Crippen LogP contribution in [0, 0.1) is 13.8 Å². The number of aryl methyl sites for hydroxylation is 2. The first-order valence-electron chi connectivity index (χ1n) is 6.13. The average Bonchev–Trinajstić information content (AvgIpc) is 2.41. The average molecular weight is 255 g/mol. The lowest BCUT2D eigenvalue weighted by molar-refractivity contribution is 0.102.